The topological polar surface area (TPSA) is 240 Å². The van der Waals surface area contributed by atoms with Gasteiger partial charge in [0.1, 0.15) is 35.7 Å². The third-order valence-corrected chi connectivity index (χ3v) is 17.9. The van der Waals surface area contributed by atoms with Crippen molar-refractivity contribution in [2.45, 2.75) is 167 Å². The summed E-state index contributed by atoms with van der Waals surface area (Å²) in [4.78, 5) is 132. The van der Waals surface area contributed by atoms with Crippen LogP contribution >= 0.6 is 23.5 Å². The maximum atomic E-state index is 15.0. The Balaban J connectivity index is 1.40. The van der Waals surface area contributed by atoms with Crippen LogP contribution in [0.15, 0.2) is 70.6 Å². The van der Waals surface area contributed by atoms with Crippen molar-refractivity contribution in [3.8, 4) is 0 Å². The molecule has 21 heteroatoms. The van der Waals surface area contributed by atoms with Gasteiger partial charge in [-0.2, -0.15) is 0 Å². The number of aliphatic hydroxyl groups excluding tert-OH is 1. The van der Waals surface area contributed by atoms with E-state index >= 15 is 9.59 Å². The van der Waals surface area contributed by atoms with Gasteiger partial charge in [-0.05, 0) is 82.8 Å². The molecule has 0 aliphatic carbocycles. The zero-order valence-corrected chi connectivity index (χ0v) is 48.9. The fourth-order valence-electron chi connectivity index (χ4n) is 10.3. The normalized spacial score (nSPS) is 30.3. The summed E-state index contributed by atoms with van der Waals surface area (Å²) in [6.45, 7) is 15.8. The highest BCUT2D eigenvalue weighted by Gasteiger charge is 2.47. The number of hydrogen-bond acceptors (Lipinski definition) is 14. The third-order valence-electron chi connectivity index (χ3n) is 15.3. The standard InChI is InChI=1S/C57H81N9O10S2/c1-13-39-49-59-40(30-77-49)51(70)63(10)42(27-32(2)3)47(68)61-45(36(8)67)48(69)58-35(7)34(6)55(74)76-44(29-38-23-18-15-19-24-38)53(72)65(12)46(33(4)5)54(73)66-26-20-25-41(66)52(71)64(11)43(28-37-21-16-14-17-22-37)50-62-57(9,31-78-50)56(75)60-39/h14-19,21-24,32-36,39-46,67H,13,20,25-31H2,1-12H3,(H,58,69)(H,60,75)(H,61,68). The lowest BCUT2D eigenvalue weighted by Gasteiger charge is -2.38. The summed E-state index contributed by atoms with van der Waals surface area (Å²) in [6, 6.07) is 11.1. The van der Waals surface area contributed by atoms with Crippen molar-refractivity contribution in [2.24, 2.45) is 27.7 Å². The summed E-state index contributed by atoms with van der Waals surface area (Å²) in [5, 5.41) is 20.6. The first-order valence-electron chi connectivity index (χ1n) is 27.3. The lowest BCUT2D eigenvalue weighted by atomic mass is 9.98. The molecule has 6 rings (SSSR count). The Morgan fingerprint density at radius 2 is 1.36 bits per heavy atom. The average molecular weight is 1120 g/mol. The molecule has 12 unspecified atom stereocenters. The van der Waals surface area contributed by atoms with Crippen molar-refractivity contribution < 1.29 is 48.2 Å². The minimum atomic E-state index is -1.50. The summed E-state index contributed by atoms with van der Waals surface area (Å²) < 4.78 is 6.06. The number of esters is 1. The number of ether oxygens (including phenoxy) is 1. The first kappa shape index (κ1) is 61.4. The molecule has 0 radical (unpaired) electrons. The van der Waals surface area contributed by atoms with Crippen LogP contribution in [0.25, 0.3) is 0 Å². The number of benzene rings is 2. The number of likely N-dealkylation sites (N-methyl/N-ethyl adjacent to an activating group) is 3. The predicted molar refractivity (Wildman–Crippen MR) is 303 cm³/mol. The van der Waals surface area contributed by atoms with E-state index in [4.69, 9.17) is 14.7 Å². The first-order valence-corrected chi connectivity index (χ1v) is 29.3. The van der Waals surface area contributed by atoms with Crippen LogP contribution in [0.5, 0.6) is 0 Å². The molecule has 1 fully saturated rings. The number of rotatable bonds is 9. The number of amides is 7. The van der Waals surface area contributed by atoms with Crippen LogP contribution in [0.3, 0.4) is 0 Å². The molecule has 0 aromatic heterocycles. The third kappa shape index (κ3) is 14.5. The summed E-state index contributed by atoms with van der Waals surface area (Å²) in [6.07, 6.45) is -0.911. The van der Waals surface area contributed by atoms with Crippen LogP contribution < -0.4 is 16.0 Å². The molecule has 4 heterocycles. The predicted octanol–water partition coefficient (Wildman–Crippen LogP) is 3.89. The van der Waals surface area contributed by atoms with Gasteiger partial charge in [0.25, 0.3) is 5.91 Å². The van der Waals surface area contributed by atoms with Crippen LogP contribution in [-0.4, -0.2) is 187 Å². The molecule has 0 saturated carbocycles. The Morgan fingerprint density at radius 1 is 0.744 bits per heavy atom. The van der Waals surface area contributed by atoms with Crippen molar-refractivity contribution >= 4 is 80.9 Å². The number of nitrogens with one attached hydrogen (secondary N) is 3. The fourth-order valence-corrected chi connectivity index (χ4v) is 12.8. The summed E-state index contributed by atoms with van der Waals surface area (Å²) in [5.74, 6) is -5.53. The molecule has 19 nitrogen and oxygen atoms in total. The van der Waals surface area contributed by atoms with Gasteiger partial charge < -0.3 is 45.4 Å². The van der Waals surface area contributed by atoms with Gasteiger partial charge in [0.15, 0.2) is 6.10 Å². The van der Waals surface area contributed by atoms with E-state index in [1.54, 1.807) is 55.0 Å². The van der Waals surface area contributed by atoms with Crippen molar-refractivity contribution in [2.75, 3.05) is 39.2 Å². The van der Waals surface area contributed by atoms with Crippen LogP contribution in [0.1, 0.15) is 99.1 Å². The number of aliphatic imine (C=N–C) groups is 2. The summed E-state index contributed by atoms with van der Waals surface area (Å²) in [5.41, 5.74) is 0.370. The molecule has 4 N–H and O–H groups in total. The maximum Gasteiger partial charge on any atom is 0.311 e. The van der Waals surface area contributed by atoms with Gasteiger partial charge in [-0.3, -0.25) is 48.3 Å². The molecular formula is C57H81N9O10S2. The second kappa shape index (κ2) is 26.9. The Hall–Kier alpha value is -5.80. The van der Waals surface area contributed by atoms with Gasteiger partial charge >= 0.3 is 5.97 Å². The quantitative estimate of drug-likeness (QED) is 0.262. The molecule has 78 heavy (non-hydrogen) atoms. The number of carbonyl (C=O) groups excluding carboxylic acids is 8. The fraction of sp³-hybridized carbons (Fsp3) is 0.614. The Morgan fingerprint density at radius 3 is 1.95 bits per heavy atom. The van der Waals surface area contributed by atoms with E-state index < -0.39 is 113 Å². The number of nitrogens with zero attached hydrogens (tertiary/aromatic N) is 6. The lowest BCUT2D eigenvalue weighted by Crippen LogP contribution is -2.59. The van der Waals surface area contributed by atoms with E-state index in [9.17, 15) is 33.9 Å². The van der Waals surface area contributed by atoms with E-state index in [-0.39, 0.29) is 48.6 Å². The minimum Gasteiger partial charge on any atom is -0.452 e. The van der Waals surface area contributed by atoms with Gasteiger partial charge in [-0.25, -0.2) is 0 Å². The second-order valence-electron chi connectivity index (χ2n) is 22.2. The Kier molecular flexibility index (Phi) is 21.2. The monoisotopic (exact) mass is 1120 g/mol. The number of fused-ring (bicyclic) bond motifs is 3. The van der Waals surface area contributed by atoms with Crippen LogP contribution in [0.4, 0.5) is 0 Å². The molecule has 1 saturated heterocycles. The van der Waals surface area contributed by atoms with Gasteiger partial charge in [-0.1, -0.05) is 95.3 Å². The van der Waals surface area contributed by atoms with Crippen LogP contribution in [0, 0.1) is 17.8 Å². The Labute approximate surface area is 468 Å². The second-order valence-corrected chi connectivity index (χ2v) is 24.3. The van der Waals surface area contributed by atoms with Crippen molar-refractivity contribution in [3.63, 3.8) is 0 Å². The van der Waals surface area contributed by atoms with Crippen molar-refractivity contribution in [3.05, 3.63) is 71.8 Å². The van der Waals surface area contributed by atoms with Crippen LogP contribution in [-0.2, 0) is 55.9 Å². The summed E-state index contributed by atoms with van der Waals surface area (Å²) in [7, 11) is 4.70. The highest BCUT2D eigenvalue weighted by Crippen LogP contribution is 2.34. The van der Waals surface area contributed by atoms with Crippen molar-refractivity contribution in [1.82, 2.24) is 35.6 Å². The lowest BCUT2D eigenvalue weighted by molar-refractivity contribution is -0.166. The number of cyclic esters (lactones) is 1. The van der Waals surface area contributed by atoms with E-state index in [0.29, 0.717) is 41.3 Å². The van der Waals surface area contributed by atoms with Crippen molar-refractivity contribution in [1.29, 1.82) is 0 Å². The smallest absolute Gasteiger partial charge is 0.311 e. The van der Waals surface area contributed by atoms with Crippen LogP contribution in [0.2, 0.25) is 0 Å². The molecule has 4 aliphatic rings. The Bertz CT molecular complexity index is 2570. The largest absolute Gasteiger partial charge is 0.452 e. The number of hydrogen-bond donors (Lipinski definition) is 4. The molecule has 0 spiro atoms. The van der Waals surface area contributed by atoms with Gasteiger partial charge in [0.2, 0.25) is 35.4 Å². The van der Waals surface area contributed by atoms with Gasteiger partial charge in [0, 0.05) is 51.7 Å². The number of carbonyl (C=O) groups is 8. The average Bonchev–Trinajstić information content (AvgIpc) is 4.24. The van der Waals surface area contributed by atoms with Gasteiger partial charge in [0.05, 0.1) is 34.2 Å². The molecule has 2 aromatic rings. The highest BCUT2D eigenvalue weighted by atomic mass is 32.2. The van der Waals surface area contributed by atoms with Gasteiger partial charge in [-0.15, -0.1) is 23.5 Å². The molecule has 426 valence electrons. The highest BCUT2D eigenvalue weighted by molar-refractivity contribution is 8.14. The first-order chi connectivity index (χ1) is 36.9. The van der Waals surface area contributed by atoms with E-state index in [1.165, 1.54) is 61.3 Å². The molecule has 2 aromatic carbocycles. The van der Waals surface area contributed by atoms with E-state index in [1.807, 2.05) is 71.0 Å². The zero-order chi connectivity index (χ0) is 57.3. The van der Waals surface area contributed by atoms with E-state index in [2.05, 4.69) is 16.0 Å². The minimum absolute atomic E-state index is 0.0415. The zero-order valence-electron chi connectivity index (χ0n) is 47.3. The maximum absolute atomic E-state index is 15.0. The number of aliphatic hydroxyl groups is 1. The molecule has 4 bridgehead atoms. The molecule has 4 aliphatic heterocycles. The van der Waals surface area contributed by atoms with E-state index in [0.717, 1.165) is 5.56 Å². The summed E-state index contributed by atoms with van der Waals surface area (Å²) >= 11 is 2.75. The number of thioether (sulfide) groups is 2. The molecular weight excluding hydrogens is 1030 g/mol. The molecule has 12 atom stereocenters. The SMILES string of the molecule is CCC1NC(=O)C2(C)CSC(=N2)C(Cc2ccccc2)N(C)C(=O)C2CCCN2C(=O)C(C(C)C)N(C)C(=O)C(Cc2ccccc2)OC(=O)C(C)C(C)NC(=O)C(C(C)O)NC(=O)C(CC(C)C)N(C)C(=O)C2CSC1=N2. The molecule has 7 amide bonds.